The summed E-state index contributed by atoms with van der Waals surface area (Å²) in [6, 6.07) is 3.31. The summed E-state index contributed by atoms with van der Waals surface area (Å²) in [5.74, 6) is -2.06. The minimum Gasteiger partial charge on any atom is -0.504 e. The molecule has 0 aromatic heterocycles. The number of carbonyl (C=O) groups is 2. The third-order valence-electron chi connectivity index (χ3n) is 4.24. The Hall–Kier alpha value is -2.24. The normalized spacial score (nSPS) is 25.3. The molecule has 114 valence electrons. The Morgan fingerprint density at radius 1 is 1.24 bits per heavy atom. The summed E-state index contributed by atoms with van der Waals surface area (Å²) < 4.78 is 0. The number of rotatable bonds is 3. The van der Waals surface area contributed by atoms with Crippen molar-refractivity contribution >= 4 is 11.9 Å². The monoisotopic (exact) mass is 293 g/mol. The van der Waals surface area contributed by atoms with Gasteiger partial charge in [-0.25, -0.2) is 0 Å². The van der Waals surface area contributed by atoms with Crippen molar-refractivity contribution in [3.05, 3.63) is 23.8 Å². The molecule has 1 amide bonds. The van der Waals surface area contributed by atoms with Gasteiger partial charge in [0.05, 0.1) is 5.41 Å². The second-order valence-electron chi connectivity index (χ2n) is 5.70. The van der Waals surface area contributed by atoms with E-state index in [0.717, 1.165) is 18.9 Å². The van der Waals surface area contributed by atoms with Crippen LogP contribution in [-0.2, 0) is 4.79 Å². The van der Waals surface area contributed by atoms with Gasteiger partial charge in [-0.2, -0.15) is 0 Å². The molecule has 21 heavy (non-hydrogen) atoms. The van der Waals surface area contributed by atoms with Crippen LogP contribution < -0.4 is 5.32 Å². The quantitative estimate of drug-likeness (QED) is 0.636. The first kappa shape index (κ1) is 15.2. The smallest absolute Gasteiger partial charge is 0.311 e. The van der Waals surface area contributed by atoms with Crippen LogP contribution in [0.4, 0.5) is 0 Å². The first-order chi connectivity index (χ1) is 9.84. The summed E-state index contributed by atoms with van der Waals surface area (Å²) in [4.78, 5) is 23.7. The van der Waals surface area contributed by atoms with Crippen LogP contribution in [0.5, 0.6) is 11.5 Å². The SMILES string of the molecule is CC1(C(=O)O)CCCCC1NC(=O)c1ccc(O)c(O)c1. The van der Waals surface area contributed by atoms with Gasteiger partial charge >= 0.3 is 5.97 Å². The van der Waals surface area contributed by atoms with Gasteiger partial charge in [-0.05, 0) is 38.0 Å². The summed E-state index contributed by atoms with van der Waals surface area (Å²) >= 11 is 0. The van der Waals surface area contributed by atoms with Crippen LogP contribution in [0.2, 0.25) is 0 Å². The number of nitrogens with one attached hydrogen (secondary N) is 1. The minimum absolute atomic E-state index is 0.184. The Labute approximate surface area is 122 Å². The first-order valence-electron chi connectivity index (χ1n) is 6.91. The molecule has 0 saturated heterocycles. The van der Waals surface area contributed by atoms with Gasteiger partial charge < -0.3 is 20.6 Å². The van der Waals surface area contributed by atoms with Gasteiger partial charge in [0, 0.05) is 11.6 Å². The lowest BCUT2D eigenvalue weighted by atomic mass is 9.71. The van der Waals surface area contributed by atoms with Crippen LogP contribution >= 0.6 is 0 Å². The Bertz CT molecular complexity index is 571. The number of carbonyl (C=O) groups excluding carboxylic acids is 1. The standard InChI is InChI=1S/C15H19NO5/c1-15(14(20)21)7-3-2-4-12(15)16-13(19)9-5-6-10(17)11(18)8-9/h5-6,8,12,17-18H,2-4,7H2,1H3,(H,16,19)(H,20,21). The fourth-order valence-electron chi connectivity index (χ4n) is 2.73. The second kappa shape index (κ2) is 5.63. The van der Waals surface area contributed by atoms with Crippen LogP contribution in [0, 0.1) is 5.41 Å². The second-order valence-corrected chi connectivity index (χ2v) is 5.70. The Morgan fingerprint density at radius 2 is 1.95 bits per heavy atom. The van der Waals surface area contributed by atoms with Gasteiger partial charge in [0.15, 0.2) is 11.5 Å². The lowest BCUT2D eigenvalue weighted by Gasteiger charge is -2.38. The van der Waals surface area contributed by atoms with Gasteiger partial charge in [-0.3, -0.25) is 9.59 Å². The third-order valence-corrected chi connectivity index (χ3v) is 4.24. The number of hydrogen-bond acceptors (Lipinski definition) is 4. The maximum absolute atomic E-state index is 12.2. The summed E-state index contributed by atoms with van der Waals surface area (Å²) in [7, 11) is 0. The van der Waals surface area contributed by atoms with Crippen LogP contribution in [-0.4, -0.2) is 33.2 Å². The van der Waals surface area contributed by atoms with Gasteiger partial charge in [0.2, 0.25) is 0 Å². The molecule has 0 bridgehead atoms. The van der Waals surface area contributed by atoms with Crippen molar-refractivity contribution < 1.29 is 24.9 Å². The average Bonchev–Trinajstić information content (AvgIpc) is 2.44. The predicted octanol–water partition coefficient (Wildman–Crippen LogP) is 1.86. The maximum Gasteiger partial charge on any atom is 0.311 e. The molecule has 1 aliphatic carbocycles. The molecule has 1 saturated carbocycles. The highest BCUT2D eigenvalue weighted by Gasteiger charge is 2.43. The number of aliphatic carboxylic acids is 1. The van der Waals surface area contributed by atoms with Gasteiger partial charge in [-0.1, -0.05) is 12.8 Å². The Balaban J connectivity index is 2.17. The Kier molecular flexibility index (Phi) is 4.06. The zero-order valence-corrected chi connectivity index (χ0v) is 11.8. The van der Waals surface area contributed by atoms with E-state index in [1.807, 2.05) is 0 Å². The molecule has 2 rings (SSSR count). The number of phenols is 2. The molecule has 6 nitrogen and oxygen atoms in total. The van der Waals surface area contributed by atoms with Crippen LogP contribution in [0.1, 0.15) is 43.0 Å². The third kappa shape index (κ3) is 2.94. The van der Waals surface area contributed by atoms with Gasteiger partial charge in [0.25, 0.3) is 5.91 Å². The molecular weight excluding hydrogens is 274 g/mol. The molecule has 0 heterocycles. The number of benzene rings is 1. The van der Waals surface area contributed by atoms with Crippen molar-refractivity contribution in [1.29, 1.82) is 0 Å². The molecule has 2 atom stereocenters. The molecule has 6 heteroatoms. The number of aromatic hydroxyl groups is 2. The summed E-state index contributed by atoms with van der Waals surface area (Å²) in [5.41, 5.74) is -0.795. The zero-order chi connectivity index (χ0) is 15.6. The maximum atomic E-state index is 12.2. The average molecular weight is 293 g/mol. The van der Waals surface area contributed by atoms with Crippen LogP contribution in [0.15, 0.2) is 18.2 Å². The first-order valence-corrected chi connectivity index (χ1v) is 6.91. The fraction of sp³-hybridized carbons (Fsp3) is 0.467. The highest BCUT2D eigenvalue weighted by Crippen LogP contribution is 2.36. The van der Waals surface area contributed by atoms with E-state index in [-0.39, 0.29) is 17.1 Å². The number of phenolic OH excluding ortho intramolecular Hbond substituents is 2. The molecule has 0 aliphatic heterocycles. The van der Waals surface area contributed by atoms with E-state index in [0.29, 0.717) is 12.8 Å². The van der Waals surface area contributed by atoms with Crippen molar-refractivity contribution in [3.63, 3.8) is 0 Å². The molecule has 1 aromatic carbocycles. The Morgan fingerprint density at radius 3 is 2.57 bits per heavy atom. The zero-order valence-electron chi connectivity index (χ0n) is 11.8. The molecular formula is C15H19NO5. The molecule has 0 radical (unpaired) electrons. The van der Waals surface area contributed by atoms with Gasteiger partial charge in [0.1, 0.15) is 0 Å². The van der Waals surface area contributed by atoms with E-state index >= 15 is 0 Å². The van der Waals surface area contributed by atoms with Crippen LogP contribution in [0.3, 0.4) is 0 Å². The molecule has 1 aromatic rings. The van der Waals surface area contributed by atoms with E-state index in [1.54, 1.807) is 6.92 Å². The molecule has 2 unspecified atom stereocenters. The topological polar surface area (TPSA) is 107 Å². The van der Waals surface area contributed by atoms with Crippen molar-refractivity contribution in [2.24, 2.45) is 5.41 Å². The lowest BCUT2D eigenvalue weighted by molar-refractivity contribution is -0.151. The summed E-state index contributed by atoms with van der Waals surface area (Å²) in [6.07, 6.45) is 2.83. The van der Waals surface area contributed by atoms with Crippen molar-refractivity contribution in [2.45, 2.75) is 38.6 Å². The van der Waals surface area contributed by atoms with Gasteiger partial charge in [-0.15, -0.1) is 0 Å². The van der Waals surface area contributed by atoms with E-state index in [9.17, 15) is 24.9 Å². The van der Waals surface area contributed by atoms with Crippen LogP contribution in [0.25, 0.3) is 0 Å². The van der Waals surface area contributed by atoms with Crippen molar-refractivity contribution in [1.82, 2.24) is 5.32 Å². The predicted molar refractivity (Wildman–Crippen MR) is 75.2 cm³/mol. The lowest BCUT2D eigenvalue weighted by Crippen LogP contribution is -2.52. The summed E-state index contributed by atoms with van der Waals surface area (Å²) in [6.45, 7) is 1.65. The van der Waals surface area contributed by atoms with Crippen molar-refractivity contribution in [3.8, 4) is 11.5 Å². The van der Waals surface area contributed by atoms with E-state index in [2.05, 4.69) is 5.32 Å². The van der Waals surface area contributed by atoms with Crippen molar-refractivity contribution in [2.75, 3.05) is 0 Å². The minimum atomic E-state index is -0.979. The highest BCUT2D eigenvalue weighted by atomic mass is 16.4. The largest absolute Gasteiger partial charge is 0.504 e. The fourth-order valence-corrected chi connectivity index (χ4v) is 2.73. The van der Waals surface area contributed by atoms with E-state index in [1.165, 1.54) is 12.1 Å². The molecule has 1 fully saturated rings. The van der Waals surface area contributed by atoms with E-state index < -0.39 is 23.3 Å². The number of hydrogen-bond donors (Lipinski definition) is 4. The number of carboxylic acid groups (broad SMARTS) is 1. The number of carboxylic acids is 1. The molecule has 4 N–H and O–H groups in total. The number of amides is 1. The molecule has 0 spiro atoms. The summed E-state index contributed by atoms with van der Waals surface area (Å²) in [5, 5.41) is 30.8. The highest BCUT2D eigenvalue weighted by molar-refractivity contribution is 5.95. The molecule has 1 aliphatic rings. The van der Waals surface area contributed by atoms with E-state index in [4.69, 9.17) is 0 Å².